The van der Waals surface area contributed by atoms with E-state index in [0.29, 0.717) is 11.4 Å². The molecule has 6 nitrogen and oxygen atoms in total. The Hall–Kier alpha value is -2.60. The molecule has 0 radical (unpaired) electrons. The maximum Gasteiger partial charge on any atom is 0.269 e. The zero-order valence-electron chi connectivity index (χ0n) is 10.1. The molecule has 0 N–H and O–H groups in total. The quantitative estimate of drug-likeness (QED) is 0.362. The summed E-state index contributed by atoms with van der Waals surface area (Å²) < 4.78 is 0. The average molecular weight is 290 g/mol. The van der Waals surface area contributed by atoms with Gasteiger partial charge in [0, 0.05) is 12.1 Å². The summed E-state index contributed by atoms with van der Waals surface area (Å²) in [5.74, 6) is 0. The fraction of sp³-hybridized carbons (Fsp3) is 0. The van der Waals surface area contributed by atoms with Gasteiger partial charge >= 0.3 is 0 Å². The molecule has 0 amide bonds. The van der Waals surface area contributed by atoms with Crippen LogP contribution in [0.2, 0.25) is 0 Å². The van der Waals surface area contributed by atoms with E-state index in [-0.39, 0.29) is 11.3 Å². The van der Waals surface area contributed by atoms with Crippen LogP contribution in [-0.2, 0) is 0 Å². The van der Waals surface area contributed by atoms with Gasteiger partial charge in [-0.1, -0.05) is 12.1 Å². The number of hydrogen-bond donors (Lipinski definition) is 0. The van der Waals surface area contributed by atoms with E-state index in [9.17, 15) is 14.9 Å². The second-order valence-corrected chi connectivity index (χ2v) is 4.11. The first-order chi connectivity index (χ1) is 9.58. The van der Waals surface area contributed by atoms with Gasteiger partial charge in [-0.05, 0) is 35.9 Å². The van der Waals surface area contributed by atoms with Crippen molar-refractivity contribution in [1.29, 1.82) is 0 Å². The van der Waals surface area contributed by atoms with E-state index in [4.69, 9.17) is 11.6 Å². The largest absolute Gasteiger partial charge is 0.276 e. The molecular weight excluding hydrogens is 282 g/mol. The predicted octanol–water partition coefficient (Wildman–Crippen LogP) is 4.39. The Morgan fingerprint density at radius 3 is 2.30 bits per heavy atom. The lowest BCUT2D eigenvalue weighted by Crippen LogP contribution is -1.87. The van der Waals surface area contributed by atoms with E-state index in [0.717, 1.165) is 0 Å². The van der Waals surface area contributed by atoms with Crippen molar-refractivity contribution in [3.05, 3.63) is 64.2 Å². The number of nitro groups is 1. The number of hydrogen-bond acceptors (Lipinski definition) is 5. The van der Waals surface area contributed by atoms with Gasteiger partial charge in [-0.2, -0.15) is 5.11 Å². The molecular formula is C13H8ClN3O3. The first kappa shape index (κ1) is 13.8. The average Bonchev–Trinajstić information content (AvgIpc) is 2.45. The molecule has 0 saturated carbocycles. The fourth-order valence-electron chi connectivity index (χ4n) is 1.48. The predicted molar refractivity (Wildman–Crippen MR) is 73.9 cm³/mol. The topological polar surface area (TPSA) is 84.9 Å². The van der Waals surface area contributed by atoms with Crippen molar-refractivity contribution in [1.82, 2.24) is 0 Å². The summed E-state index contributed by atoms with van der Waals surface area (Å²) >= 11 is 5.43. The van der Waals surface area contributed by atoms with Crippen molar-refractivity contribution < 1.29 is 9.72 Å². The van der Waals surface area contributed by atoms with Crippen LogP contribution in [0.1, 0.15) is 10.4 Å². The Kier molecular flexibility index (Phi) is 4.17. The van der Waals surface area contributed by atoms with Crippen molar-refractivity contribution in [2.24, 2.45) is 10.2 Å². The number of carbonyl (C=O) groups is 1. The molecule has 0 aromatic heterocycles. The molecule has 0 saturated heterocycles. The molecule has 0 atom stereocenters. The minimum absolute atomic E-state index is 0.0275. The highest BCUT2D eigenvalue weighted by Gasteiger charge is 2.07. The summed E-state index contributed by atoms with van der Waals surface area (Å²) in [5, 5.41) is 17.7. The molecule has 0 aliphatic carbocycles. The third kappa shape index (κ3) is 3.24. The Bertz CT molecular complexity index is 684. The molecule has 0 aliphatic rings. The van der Waals surface area contributed by atoms with Crippen molar-refractivity contribution in [3.63, 3.8) is 0 Å². The van der Waals surface area contributed by atoms with Gasteiger partial charge in [0.1, 0.15) is 0 Å². The highest BCUT2D eigenvalue weighted by molar-refractivity contribution is 6.68. The molecule has 0 heterocycles. The standard InChI is InChI=1S/C13H8ClN3O3/c14-13(18)11-3-1-2-4-12(11)16-15-9-5-7-10(8-6-9)17(19)20/h1-8H/b16-15+. The number of azo groups is 1. The van der Waals surface area contributed by atoms with Crippen LogP contribution in [-0.4, -0.2) is 10.2 Å². The first-order valence-electron chi connectivity index (χ1n) is 5.53. The van der Waals surface area contributed by atoms with E-state index in [2.05, 4.69) is 10.2 Å². The molecule has 0 bridgehead atoms. The SMILES string of the molecule is O=C(Cl)c1ccccc1/N=N/c1ccc([N+](=O)[O-])cc1. The zero-order valence-corrected chi connectivity index (χ0v) is 10.8. The van der Waals surface area contributed by atoms with Crippen LogP contribution in [0.4, 0.5) is 17.1 Å². The van der Waals surface area contributed by atoms with Gasteiger partial charge < -0.3 is 0 Å². The zero-order chi connectivity index (χ0) is 14.5. The second-order valence-electron chi connectivity index (χ2n) is 3.76. The first-order valence-corrected chi connectivity index (χ1v) is 5.91. The van der Waals surface area contributed by atoms with Crippen LogP contribution in [0.3, 0.4) is 0 Å². The van der Waals surface area contributed by atoms with Crippen molar-refractivity contribution >= 4 is 33.9 Å². The van der Waals surface area contributed by atoms with E-state index in [1.54, 1.807) is 24.3 Å². The molecule has 0 unspecified atom stereocenters. The summed E-state index contributed by atoms with van der Waals surface area (Å²) in [6.07, 6.45) is 0. The maximum absolute atomic E-state index is 11.2. The van der Waals surface area contributed by atoms with Gasteiger partial charge in [0.25, 0.3) is 10.9 Å². The molecule has 2 aromatic carbocycles. The second kappa shape index (κ2) is 6.03. The lowest BCUT2D eigenvalue weighted by atomic mass is 10.2. The van der Waals surface area contributed by atoms with Crippen molar-refractivity contribution in [3.8, 4) is 0 Å². The van der Waals surface area contributed by atoms with Gasteiger partial charge in [0.05, 0.1) is 21.9 Å². The number of non-ortho nitro benzene ring substituents is 1. The lowest BCUT2D eigenvalue weighted by Gasteiger charge is -1.98. The molecule has 0 spiro atoms. The Balaban J connectivity index is 2.25. The summed E-state index contributed by atoms with van der Waals surface area (Å²) in [6.45, 7) is 0. The molecule has 2 rings (SSSR count). The molecule has 0 fully saturated rings. The van der Waals surface area contributed by atoms with Crippen LogP contribution in [0.5, 0.6) is 0 Å². The van der Waals surface area contributed by atoms with E-state index in [1.165, 1.54) is 24.3 Å². The lowest BCUT2D eigenvalue weighted by molar-refractivity contribution is -0.384. The molecule has 0 aliphatic heterocycles. The van der Waals surface area contributed by atoms with E-state index >= 15 is 0 Å². The number of nitro benzene ring substituents is 1. The third-order valence-corrected chi connectivity index (χ3v) is 2.65. The van der Waals surface area contributed by atoms with Crippen LogP contribution < -0.4 is 0 Å². The number of rotatable bonds is 4. The van der Waals surface area contributed by atoms with Gasteiger partial charge in [-0.3, -0.25) is 14.9 Å². The van der Waals surface area contributed by atoms with Crippen LogP contribution in [0, 0.1) is 10.1 Å². The van der Waals surface area contributed by atoms with Crippen LogP contribution in [0.25, 0.3) is 0 Å². The van der Waals surface area contributed by atoms with Crippen LogP contribution in [0.15, 0.2) is 58.8 Å². The van der Waals surface area contributed by atoms with Gasteiger partial charge in [-0.15, -0.1) is 5.11 Å². The van der Waals surface area contributed by atoms with E-state index < -0.39 is 10.2 Å². The highest BCUT2D eigenvalue weighted by Crippen LogP contribution is 2.24. The van der Waals surface area contributed by atoms with Crippen molar-refractivity contribution in [2.45, 2.75) is 0 Å². The number of benzene rings is 2. The van der Waals surface area contributed by atoms with Crippen LogP contribution >= 0.6 is 11.6 Å². The molecule has 7 heteroatoms. The summed E-state index contributed by atoms with van der Waals surface area (Å²) in [6, 6.07) is 12.1. The monoisotopic (exact) mass is 289 g/mol. The molecule has 100 valence electrons. The smallest absolute Gasteiger partial charge is 0.269 e. The summed E-state index contributed by atoms with van der Waals surface area (Å²) in [4.78, 5) is 21.2. The Labute approximate surface area is 118 Å². The highest BCUT2D eigenvalue weighted by atomic mass is 35.5. The van der Waals surface area contributed by atoms with Gasteiger partial charge in [0.2, 0.25) is 0 Å². The Morgan fingerprint density at radius 1 is 1.05 bits per heavy atom. The Morgan fingerprint density at radius 2 is 1.70 bits per heavy atom. The minimum atomic E-state index is -0.622. The third-order valence-electron chi connectivity index (χ3n) is 2.45. The summed E-state index contributed by atoms with van der Waals surface area (Å²) in [5.41, 5.74) is 0.999. The van der Waals surface area contributed by atoms with Gasteiger partial charge in [-0.25, -0.2) is 0 Å². The number of halogens is 1. The maximum atomic E-state index is 11.2. The minimum Gasteiger partial charge on any atom is -0.276 e. The van der Waals surface area contributed by atoms with Gasteiger partial charge in [0.15, 0.2) is 0 Å². The number of carbonyl (C=O) groups excluding carboxylic acids is 1. The fourth-order valence-corrected chi connectivity index (χ4v) is 1.64. The molecule has 2 aromatic rings. The normalized spacial score (nSPS) is 10.7. The summed E-state index contributed by atoms with van der Waals surface area (Å²) in [7, 11) is 0. The van der Waals surface area contributed by atoms with Crippen molar-refractivity contribution in [2.75, 3.05) is 0 Å². The van der Waals surface area contributed by atoms with E-state index in [1.807, 2.05) is 0 Å². The molecule has 20 heavy (non-hydrogen) atoms. The number of nitrogens with zero attached hydrogens (tertiary/aromatic N) is 3.